The number of hydrogen-bond donors (Lipinski definition) is 0. The van der Waals surface area contributed by atoms with E-state index in [4.69, 9.17) is 4.74 Å². The van der Waals surface area contributed by atoms with Gasteiger partial charge < -0.3 is 4.74 Å². The predicted molar refractivity (Wildman–Crippen MR) is 93.5 cm³/mol. The summed E-state index contributed by atoms with van der Waals surface area (Å²) in [6, 6.07) is 8.47. The molecule has 1 aliphatic heterocycles. The van der Waals surface area contributed by atoms with E-state index < -0.39 is 32.4 Å². The quantitative estimate of drug-likeness (QED) is 0.748. The number of para-hydroxylation sites is 1. The lowest BCUT2D eigenvalue weighted by Gasteiger charge is -2.33. The zero-order valence-electron chi connectivity index (χ0n) is 14.4. The Balaban J connectivity index is 1.54. The average molecular weight is 400 g/mol. The third-order valence-electron chi connectivity index (χ3n) is 4.34. The van der Waals surface area contributed by atoms with Gasteiger partial charge in [0.05, 0.1) is 0 Å². The van der Waals surface area contributed by atoms with Crippen LogP contribution in [0.2, 0.25) is 0 Å². The van der Waals surface area contributed by atoms with Gasteiger partial charge in [0, 0.05) is 32.7 Å². The van der Waals surface area contributed by atoms with Crippen LogP contribution in [0.5, 0.6) is 5.75 Å². The molecule has 1 aliphatic rings. The Labute approximate surface area is 156 Å². The molecule has 9 heteroatoms. The Morgan fingerprint density at radius 2 is 1.63 bits per heavy atom. The van der Waals surface area contributed by atoms with E-state index in [-0.39, 0.29) is 25.4 Å². The predicted octanol–water partition coefficient (Wildman–Crippen LogP) is 2.49. The second kappa shape index (κ2) is 8.28. The number of rotatable bonds is 6. The molecule has 1 saturated heterocycles. The lowest BCUT2D eigenvalue weighted by molar-refractivity contribution is 0.157. The summed E-state index contributed by atoms with van der Waals surface area (Å²) in [4.78, 5) is 1.31. The Kier molecular flexibility index (Phi) is 6.03. The number of piperazine rings is 1. The maximum atomic E-state index is 13.8. The Morgan fingerprint density at radius 1 is 0.926 bits per heavy atom. The first-order valence-electron chi connectivity index (χ1n) is 8.43. The number of benzene rings is 2. The summed E-state index contributed by atoms with van der Waals surface area (Å²) >= 11 is 0. The lowest BCUT2D eigenvalue weighted by Crippen LogP contribution is -2.49. The number of sulfonamides is 1. The van der Waals surface area contributed by atoms with E-state index in [0.29, 0.717) is 25.7 Å². The average Bonchev–Trinajstić information content (AvgIpc) is 2.65. The van der Waals surface area contributed by atoms with Crippen molar-refractivity contribution in [2.24, 2.45) is 0 Å². The molecule has 0 N–H and O–H groups in total. The van der Waals surface area contributed by atoms with Crippen molar-refractivity contribution in [3.8, 4) is 5.75 Å². The molecule has 1 fully saturated rings. The van der Waals surface area contributed by atoms with E-state index in [1.54, 1.807) is 12.1 Å². The zero-order valence-corrected chi connectivity index (χ0v) is 15.3. The van der Waals surface area contributed by atoms with Gasteiger partial charge in [-0.3, -0.25) is 4.90 Å². The summed E-state index contributed by atoms with van der Waals surface area (Å²) in [7, 11) is -4.10. The fraction of sp³-hybridized carbons (Fsp3) is 0.333. The van der Waals surface area contributed by atoms with Gasteiger partial charge in [0.2, 0.25) is 10.0 Å². The van der Waals surface area contributed by atoms with Crippen LogP contribution in [0, 0.1) is 17.5 Å². The molecule has 146 valence electrons. The zero-order chi connectivity index (χ0) is 19.4. The molecular formula is C18H19F3N2O3S. The van der Waals surface area contributed by atoms with E-state index in [9.17, 15) is 21.6 Å². The van der Waals surface area contributed by atoms with E-state index >= 15 is 0 Å². The smallest absolute Gasteiger partial charge is 0.246 e. The van der Waals surface area contributed by atoms with Crippen molar-refractivity contribution in [3.63, 3.8) is 0 Å². The summed E-state index contributed by atoms with van der Waals surface area (Å²) in [5.41, 5.74) is 0. The molecule has 5 nitrogen and oxygen atoms in total. The first-order valence-corrected chi connectivity index (χ1v) is 9.87. The Morgan fingerprint density at radius 3 is 2.33 bits per heavy atom. The Bertz CT molecular complexity index is 900. The van der Waals surface area contributed by atoms with Gasteiger partial charge >= 0.3 is 0 Å². The molecule has 2 aromatic carbocycles. The third kappa shape index (κ3) is 4.60. The highest BCUT2D eigenvalue weighted by atomic mass is 32.2. The van der Waals surface area contributed by atoms with Gasteiger partial charge in [-0.15, -0.1) is 0 Å². The van der Waals surface area contributed by atoms with Gasteiger partial charge in [-0.05, 0) is 30.3 Å². The molecule has 0 spiro atoms. The van der Waals surface area contributed by atoms with Crippen LogP contribution in [0.15, 0.2) is 47.4 Å². The van der Waals surface area contributed by atoms with E-state index in [1.165, 1.54) is 12.1 Å². The Hall–Kier alpha value is -2.10. The van der Waals surface area contributed by atoms with Crippen LogP contribution >= 0.6 is 0 Å². The second-order valence-electron chi connectivity index (χ2n) is 6.10. The summed E-state index contributed by atoms with van der Waals surface area (Å²) in [6.45, 7) is 1.88. The van der Waals surface area contributed by atoms with Crippen LogP contribution < -0.4 is 4.74 Å². The van der Waals surface area contributed by atoms with Crippen molar-refractivity contribution < 1.29 is 26.3 Å². The summed E-state index contributed by atoms with van der Waals surface area (Å²) in [6.07, 6.45) is 0. The second-order valence-corrected chi connectivity index (χ2v) is 8.01. The van der Waals surface area contributed by atoms with Crippen LogP contribution in [0.4, 0.5) is 13.2 Å². The van der Waals surface area contributed by atoms with Gasteiger partial charge in [-0.25, -0.2) is 21.6 Å². The first kappa shape index (κ1) is 19.7. The van der Waals surface area contributed by atoms with Gasteiger partial charge in [0.1, 0.15) is 23.1 Å². The molecule has 1 heterocycles. The van der Waals surface area contributed by atoms with Crippen LogP contribution in [0.3, 0.4) is 0 Å². The first-order chi connectivity index (χ1) is 12.9. The third-order valence-corrected chi connectivity index (χ3v) is 6.26. The molecule has 27 heavy (non-hydrogen) atoms. The minimum Gasteiger partial charge on any atom is -0.489 e. The minimum atomic E-state index is -4.10. The number of ether oxygens (including phenoxy) is 1. The highest BCUT2D eigenvalue weighted by Crippen LogP contribution is 2.22. The van der Waals surface area contributed by atoms with Crippen molar-refractivity contribution in [1.29, 1.82) is 0 Å². The summed E-state index contributed by atoms with van der Waals surface area (Å²) in [5, 5.41) is 0. The molecule has 2 aromatic rings. The molecule has 0 aliphatic carbocycles. The van der Waals surface area contributed by atoms with Gasteiger partial charge in [-0.1, -0.05) is 12.1 Å². The SMILES string of the molecule is O=S(=O)(c1cc(F)ccc1F)N1CCN(CCOc2ccccc2F)CC1. The monoisotopic (exact) mass is 400 g/mol. The molecule has 0 atom stereocenters. The fourth-order valence-corrected chi connectivity index (χ4v) is 4.35. The van der Waals surface area contributed by atoms with Crippen molar-refractivity contribution in [2.45, 2.75) is 4.90 Å². The lowest BCUT2D eigenvalue weighted by atomic mass is 10.3. The standard InChI is InChI=1S/C18H19F3N2O3S/c19-14-5-6-16(21)18(13-14)27(24,25)23-9-7-22(8-10-23)11-12-26-17-4-2-1-3-15(17)20/h1-6,13H,7-12H2. The van der Waals surface area contributed by atoms with Crippen molar-refractivity contribution in [2.75, 3.05) is 39.3 Å². The maximum Gasteiger partial charge on any atom is 0.246 e. The van der Waals surface area contributed by atoms with Crippen LogP contribution in [-0.2, 0) is 10.0 Å². The maximum absolute atomic E-state index is 13.8. The van der Waals surface area contributed by atoms with Crippen LogP contribution in [0.1, 0.15) is 0 Å². The highest BCUT2D eigenvalue weighted by molar-refractivity contribution is 7.89. The molecule has 0 saturated carbocycles. The molecule has 0 unspecified atom stereocenters. The molecule has 0 radical (unpaired) electrons. The van der Waals surface area contributed by atoms with E-state index in [0.717, 1.165) is 16.4 Å². The van der Waals surface area contributed by atoms with Gasteiger partial charge in [0.25, 0.3) is 0 Å². The number of hydrogen-bond acceptors (Lipinski definition) is 4. The van der Waals surface area contributed by atoms with Crippen molar-refractivity contribution >= 4 is 10.0 Å². The number of nitrogens with zero attached hydrogens (tertiary/aromatic N) is 2. The number of halogens is 3. The highest BCUT2D eigenvalue weighted by Gasteiger charge is 2.30. The van der Waals surface area contributed by atoms with Crippen molar-refractivity contribution in [1.82, 2.24) is 9.21 Å². The topological polar surface area (TPSA) is 49.9 Å². The summed E-state index contributed by atoms with van der Waals surface area (Å²) in [5.74, 6) is -2.05. The molecular weight excluding hydrogens is 381 g/mol. The fourth-order valence-electron chi connectivity index (χ4n) is 2.85. The normalized spacial score (nSPS) is 16.4. The van der Waals surface area contributed by atoms with Gasteiger partial charge in [0.15, 0.2) is 11.6 Å². The molecule has 0 aromatic heterocycles. The van der Waals surface area contributed by atoms with E-state index in [1.807, 2.05) is 4.90 Å². The van der Waals surface area contributed by atoms with Crippen molar-refractivity contribution in [3.05, 3.63) is 59.9 Å². The van der Waals surface area contributed by atoms with Crippen LogP contribution in [0.25, 0.3) is 0 Å². The molecule has 0 bridgehead atoms. The summed E-state index contributed by atoms with van der Waals surface area (Å²) < 4.78 is 72.2. The molecule has 0 amide bonds. The minimum absolute atomic E-state index is 0.151. The molecule has 3 rings (SSSR count). The van der Waals surface area contributed by atoms with Gasteiger partial charge in [-0.2, -0.15) is 4.31 Å². The van der Waals surface area contributed by atoms with Crippen LogP contribution in [-0.4, -0.2) is 57.0 Å². The largest absolute Gasteiger partial charge is 0.489 e. The van der Waals surface area contributed by atoms with E-state index in [2.05, 4.69) is 0 Å².